The van der Waals surface area contributed by atoms with Crippen molar-refractivity contribution < 1.29 is 24.2 Å². The van der Waals surface area contributed by atoms with Crippen LogP contribution in [0.2, 0.25) is 0 Å². The minimum Gasteiger partial charge on any atom is -0.497 e. The number of fused-ring (bicyclic) bond motifs is 1. The first-order valence-corrected chi connectivity index (χ1v) is 13.1. The number of carbonyl (C=O) groups excluding carboxylic acids is 1. The molecule has 1 fully saturated rings. The van der Waals surface area contributed by atoms with Crippen LogP contribution in [-0.2, 0) is 19.1 Å². The molecule has 2 N–H and O–H groups in total. The summed E-state index contributed by atoms with van der Waals surface area (Å²) in [5.41, 5.74) is 6.22. The summed E-state index contributed by atoms with van der Waals surface area (Å²) in [7, 11) is 0. The number of anilines is 1. The summed E-state index contributed by atoms with van der Waals surface area (Å²) in [5, 5.41) is 22.2. The number of nitrogens with zero attached hydrogens (tertiary/aromatic N) is 1. The van der Waals surface area contributed by atoms with Crippen LogP contribution in [0.3, 0.4) is 0 Å². The molecule has 2 aliphatic carbocycles. The first-order chi connectivity index (χ1) is 18.8. The maximum absolute atomic E-state index is 13.0. The third-order valence-electron chi connectivity index (χ3n) is 7.56. The van der Waals surface area contributed by atoms with Gasteiger partial charge in [-0.2, -0.15) is 5.26 Å². The van der Waals surface area contributed by atoms with Crippen molar-refractivity contribution in [3.8, 4) is 17.2 Å². The topological polar surface area (TPSA) is 109 Å². The molecule has 7 nitrogen and oxygen atoms in total. The lowest BCUT2D eigenvalue weighted by Crippen LogP contribution is -2.33. The van der Waals surface area contributed by atoms with Gasteiger partial charge in [-0.05, 0) is 67.2 Å². The Labute approximate surface area is 227 Å². The van der Waals surface area contributed by atoms with Gasteiger partial charge in [0.15, 0.2) is 0 Å². The number of hydrogen-bond acceptors (Lipinski definition) is 5. The summed E-state index contributed by atoms with van der Waals surface area (Å²) in [6.07, 6.45) is 7.78. The standard InChI is InChI=1S/C32H30N2O5/c1-19-6-7-23(14-20(19)2)22-4-3-5-25(15-22)34-31(35)21-8-10-26(11-9-21)39-29-17-30-28(16-24(29)18-33)27(32(36)37)12-13-38-30/h3-10,14-15,17,26-28H,11-13,16H2,1-2H3,(H,34,35)(H,36,37). The number of amides is 1. The minimum absolute atomic E-state index is 0.211. The smallest absolute Gasteiger partial charge is 0.307 e. The van der Waals surface area contributed by atoms with Gasteiger partial charge in [-0.25, -0.2) is 0 Å². The van der Waals surface area contributed by atoms with Crippen LogP contribution in [0.5, 0.6) is 0 Å². The van der Waals surface area contributed by atoms with Gasteiger partial charge in [0.2, 0.25) is 0 Å². The second-order valence-corrected chi connectivity index (χ2v) is 10.1. The van der Waals surface area contributed by atoms with Crippen molar-refractivity contribution in [2.75, 3.05) is 11.9 Å². The van der Waals surface area contributed by atoms with Gasteiger partial charge in [0.1, 0.15) is 17.6 Å². The van der Waals surface area contributed by atoms with Crippen LogP contribution < -0.4 is 5.32 Å². The van der Waals surface area contributed by atoms with Crippen LogP contribution >= 0.6 is 0 Å². The van der Waals surface area contributed by atoms with Gasteiger partial charge in [-0.3, -0.25) is 9.59 Å². The average Bonchev–Trinajstić information content (AvgIpc) is 2.94. The maximum Gasteiger partial charge on any atom is 0.307 e. The quantitative estimate of drug-likeness (QED) is 0.483. The number of carboxylic acid groups (broad SMARTS) is 1. The van der Waals surface area contributed by atoms with Crippen LogP contribution in [-0.4, -0.2) is 29.7 Å². The molecule has 2 aromatic carbocycles. The molecule has 0 bridgehead atoms. The fraction of sp³-hybridized carbons (Fsp3) is 0.281. The van der Waals surface area contributed by atoms with Gasteiger partial charge >= 0.3 is 5.97 Å². The van der Waals surface area contributed by atoms with Gasteiger partial charge in [0.05, 0.1) is 24.2 Å². The molecular weight excluding hydrogens is 492 g/mol. The van der Waals surface area contributed by atoms with Crippen molar-refractivity contribution in [3.05, 3.63) is 101 Å². The Kier molecular flexibility index (Phi) is 7.38. The lowest BCUT2D eigenvalue weighted by atomic mass is 9.79. The number of carbonyl (C=O) groups is 2. The number of allylic oxidation sites excluding steroid dienone is 3. The zero-order valence-electron chi connectivity index (χ0n) is 21.9. The van der Waals surface area contributed by atoms with Crippen molar-refractivity contribution in [3.63, 3.8) is 0 Å². The Hall–Kier alpha value is -4.57. The molecule has 0 aromatic heterocycles. The van der Waals surface area contributed by atoms with Crippen molar-refractivity contribution in [2.45, 2.75) is 39.2 Å². The van der Waals surface area contributed by atoms with E-state index in [2.05, 4.69) is 43.4 Å². The monoisotopic (exact) mass is 522 g/mol. The summed E-state index contributed by atoms with van der Waals surface area (Å²) in [5.74, 6) is -1.06. The number of aliphatic carboxylic acids is 1. The van der Waals surface area contributed by atoms with Gasteiger partial charge in [0, 0.05) is 29.7 Å². The van der Waals surface area contributed by atoms with Crippen molar-refractivity contribution >= 4 is 17.6 Å². The zero-order chi connectivity index (χ0) is 27.5. The van der Waals surface area contributed by atoms with E-state index < -0.39 is 11.9 Å². The van der Waals surface area contributed by atoms with E-state index in [0.29, 0.717) is 47.8 Å². The molecule has 1 heterocycles. The molecular formula is C32H30N2O5. The number of nitrogens with one attached hydrogen (secondary N) is 1. The maximum atomic E-state index is 13.0. The number of hydrogen-bond donors (Lipinski definition) is 2. The molecule has 3 aliphatic rings. The summed E-state index contributed by atoms with van der Waals surface area (Å²) in [6, 6.07) is 16.3. The number of benzene rings is 2. The van der Waals surface area contributed by atoms with Crippen molar-refractivity contribution in [1.82, 2.24) is 0 Å². The average molecular weight is 523 g/mol. The predicted octanol–water partition coefficient (Wildman–Crippen LogP) is 5.98. The molecule has 7 heteroatoms. The molecule has 3 unspecified atom stereocenters. The Morgan fingerprint density at radius 3 is 2.67 bits per heavy atom. The molecule has 198 valence electrons. The Balaban J connectivity index is 1.23. The summed E-state index contributed by atoms with van der Waals surface area (Å²) < 4.78 is 11.8. The fourth-order valence-electron chi connectivity index (χ4n) is 5.16. The molecule has 0 spiro atoms. The molecule has 1 saturated heterocycles. The second kappa shape index (κ2) is 11.0. The van der Waals surface area contributed by atoms with Crippen molar-refractivity contribution in [1.29, 1.82) is 5.26 Å². The summed E-state index contributed by atoms with van der Waals surface area (Å²) in [4.78, 5) is 24.6. The van der Waals surface area contributed by atoms with Crippen LogP contribution in [0.4, 0.5) is 5.69 Å². The lowest BCUT2D eigenvalue weighted by Gasteiger charge is -2.34. The Morgan fingerprint density at radius 1 is 1.13 bits per heavy atom. The highest BCUT2D eigenvalue weighted by Crippen LogP contribution is 2.40. The lowest BCUT2D eigenvalue weighted by molar-refractivity contribution is -0.146. The van der Waals surface area contributed by atoms with E-state index in [1.165, 1.54) is 11.1 Å². The van der Waals surface area contributed by atoms with Gasteiger partial charge < -0.3 is 19.9 Å². The van der Waals surface area contributed by atoms with Crippen LogP contribution in [0, 0.1) is 37.0 Å². The number of aryl methyl sites for hydroxylation is 2. The molecule has 0 saturated carbocycles. The first-order valence-electron chi connectivity index (χ1n) is 13.1. The van der Waals surface area contributed by atoms with Crippen LogP contribution in [0.25, 0.3) is 11.1 Å². The Morgan fingerprint density at radius 2 is 1.95 bits per heavy atom. The van der Waals surface area contributed by atoms with Crippen LogP contribution in [0.1, 0.15) is 30.4 Å². The predicted molar refractivity (Wildman–Crippen MR) is 147 cm³/mol. The number of ether oxygens (including phenoxy) is 2. The van der Waals surface area contributed by atoms with Gasteiger partial charge in [-0.1, -0.05) is 42.5 Å². The zero-order valence-corrected chi connectivity index (χ0v) is 21.9. The van der Waals surface area contributed by atoms with E-state index >= 15 is 0 Å². The normalized spacial score (nSPS) is 22.0. The molecule has 2 aromatic rings. The highest BCUT2D eigenvalue weighted by molar-refractivity contribution is 6.06. The minimum atomic E-state index is -0.876. The highest BCUT2D eigenvalue weighted by Gasteiger charge is 2.39. The summed E-state index contributed by atoms with van der Waals surface area (Å²) >= 11 is 0. The van der Waals surface area contributed by atoms with E-state index in [4.69, 9.17) is 9.47 Å². The van der Waals surface area contributed by atoms with E-state index in [1.54, 1.807) is 18.2 Å². The summed E-state index contributed by atoms with van der Waals surface area (Å²) in [6.45, 7) is 4.49. The number of carboxylic acids is 1. The third kappa shape index (κ3) is 5.65. The van der Waals surface area contributed by atoms with Crippen molar-refractivity contribution in [2.24, 2.45) is 11.8 Å². The third-order valence-corrected chi connectivity index (χ3v) is 7.56. The van der Waals surface area contributed by atoms with Gasteiger partial charge in [-0.15, -0.1) is 0 Å². The molecule has 0 radical (unpaired) electrons. The SMILES string of the molecule is Cc1ccc(-c2cccc(NC(=O)C3=CCC(OC4=C(C#N)CC5C(=C4)OCCC5C(=O)O)C=C3)c2)cc1C. The van der Waals surface area contributed by atoms with E-state index in [-0.39, 0.29) is 24.3 Å². The molecule has 5 rings (SSSR count). The Bertz CT molecular complexity index is 1490. The molecule has 39 heavy (non-hydrogen) atoms. The molecule has 1 amide bonds. The molecule has 3 atom stereocenters. The highest BCUT2D eigenvalue weighted by atomic mass is 16.5. The number of nitriles is 1. The largest absolute Gasteiger partial charge is 0.497 e. The van der Waals surface area contributed by atoms with E-state index in [0.717, 1.165) is 11.1 Å². The fourth-order valence-corrected chi connectivity index (χ4v) is 5.16. The van der Waals surface area contributed by atoms with E-state index in [9.17, 15) is 20.0 Å². The first kappa shape index (κ1) is 26.1. The number of rotatable bonds is 6. The van der Waals surface area contributed by atoms with E-state index in [1.807, 2.05) is 30.3 Å². The molecule has 1 aliphatic heterocycles. The van der Waals surface area contributed by atoms with Crippen LogP contribution in [0.15, 0.2) is 89.4 Å². The second-order valence-electron chi connectivity index (χ2n) is 10.1. The van der Waals surface area contributed by atoms with Gasteiger partial charge in [0.25, 0.3) is 5.91 Å².